The smallest absolute Gasteiger partial charge is 0.424 e. The number of rotatable bonds is 5. The Kier molecular flexibility index (Phi) is 5.40. The van der Waals surface area contributed by atoms with Crippen molar-refractivity contribution in [2.45, 2.75) is 36.4 Å². The van der Waals surface area contributed by atoms with Gasteiger partial charge in [0.2, 0.25) is 5.60 Å². The van der Waals surface area contributed by atoms with E-state index < -0.39 is 44.0 Å². The van der Waals surface area contributed by atoms with Gasteiger partial charge in [0.25, 0.3) is 0 Å². The molecule has 3 fully saturated rings. The second kappa shape index (κ2) is 8.51. The molecule has 3 saturated heterocycles. The van der Waals surface area contributed by atoms with Crippen LogP contribution >= 0.6 is 7.82 Å². The number of hydrogen-bond acceptors (Lipinski definition) is 13. The van der Waals surface area contributed by atoms with Crippen LogP contribution in [0, 0.1) is 11.3 Å². The van der Waals surface area contributed by atoms with Crippen LogP contribution in [-0.2, 0) is 37.9 Å². The Morgan fingerprint density at radius 1 is 1.28 bits per heavy atom. The molecular formula is C21H19N6O8P. The Labute approximate surface area is 203 Å². The van der Waals surface area contributed by atoms with Crippen molar-refractivity contribution in [3.05, 3.63) is 54.2 Å². The molecule has 15 heteroatoms. The molecule has 6 heterocycles. The molecule has 0 aromatic carbocycles. The van der Waals surface area contributed by atoms with E-state index in [9.17, 15) is 14.6 Å². The molecule has 2 N–H and O–H groups in total. The third-order valence-electron chi connectivity index (χ3n) is 6.25. The van der Waals surface area contributed by atoms with Gasteiger partial charge in [0, 0.05) is 18.8 Å². The van der Waals surface area contributed by atoms with Crippen molar-refractivity contribution in [2.24, 2.45) is 0 Å². The van der Waals surface area contributed by atoms with E-state index in [0.29, 0.717) is 11.9 Å². The highest BCUT2D eigenvalue weighted by Crippen LogP contribution is 2.57. The van der Waals surface area contributed by atoms with Gasteiger partial charge in [0.1, 0.15) is 24.0 Å². The summed E-state index contributed by atoms with van der Waals surface area (Å²) in [4.78, 5) is 20.0. The highest BCUT2D eigenvalue weighted by molar-refractivity contribution is 7.48. The fourth-order valence-corrected chi connectivity index (χ4v) is 5.99. The zero-order chi connectivity index (χ0) is 24.9. The molecule has 3 aromatic heterocycles. The van der Waals surface area contributed by atoms with Gasteiger partial charge in [-0.25, -0.2) is 18.9 Å². The minimum absolute atomic E-state index is 0.138. The number of pyridine rings is 1. The molecule has 3 aliphatic heterocycles. The monoisotopic (exact) mass is 514 g/mol. The maximum atomic E-state index is 13.2. The molecule has 0 saturated carbocycles. The first-order chi connectivity index (χ1) is 17.4. The summed E-state index contributed by atoms with van der Waals surface area (Å²) in [5.41, 5.74) is 5.56. The molecule has 6 atom stereocenters. The van der Waals surface area contributed by atoms with Gasteiger partial charge in [-0.15, -0.1) is 0 Å². The average molecular weight is 514 g/mol. The topological polar surface area (TPSA) is 182 Å². The SMILES string of the molecule is N#C[C@@]1(c2ccc3c(N)ncnn23)O[C@H](CO[P@@]2(=O)OCC[C@@H](c3ccncc3)O2)[C@H]2OC(=O)O[C@H]21. The number of fused-ring (bicyclic) bond motifs is 2. The Morgan fingerprint density at radius 2 is 2.11 bits per heavy atom. The Balaban J connectivity index is 1.26. The summed E-state index contributed by atoms with van der Waals surface area (Å²) in [6.07, 6.45) is 0.186. The number of nitrogen functional groups attached to an aromatic ring is 1. The van der Waals surface area contributed by atoms with E-state index in [1.807, 2.05) is 0 Å². The van der Waals surface area contributed by atoms with Crippen molar-refractivity contribution < 1.29 is 37.1 Å². The predicted molar refractivity (Wildman–Crippen MR) is 117 cm³/mol. The minimum atomic E-state index is -4.00. The third-order valence-corrected chi connectivity index (χ3v) is 7.72. The Hall–Kier alpha value is -3.60. The fraction of sp³-hybridized carbons (Fsp3) is 0.381. The van der Waals surface area contributed by atoms with Crippen LogP contribution in [0.4, 0.5) is 10.6 Å². The van der Waals surface area contributed by atoms with Crippen molar-refractivity contribution in [2.75, 3.05) is 18.9 Å². The summed E-state index contributed by atoms with van der Waals surface area (Å²) in [5.74, 6) is 0.187. The maximum absolute atomic E-state index is 13.2. The summed E-state index contributed by atoms with van der Waals surface area (Å²) >= 11 is 0. The summed E-state index contributed by atoms with van der Waals surface area (Å²) in [6.45, 7) is -0.235. The van der Waals surface area contributed by atoms with Crippen molar-refractivity contribution in [3.8, 4) is 6.07 Å². The predicted octanol–water partition coefficient (Wildman–Crippen LogP) is 2.03. The number of nitrogens with zero attached hydrogens (tertiary/aromatic N) is 5. The minimum Gasteiger partial charge on any atom is -0.424 e. The first kappa shape index (κ1) is 22.8. The number of anilines is 1. The molecule has 3 aromatic rings. The van der Waals surface area contributed by atoms with Gasteiger partial charge in [-0.3, -0.25) is 18.6 Å². The summed E-state index contributed by atoms with van der Waals surface area (Å²) in [7, 11) is -4.00. The average Bonchev–Trinajstić information content (AvgIpc) is 3.57. The van der Waals surface area contributed by atoms with Crippen molar-refractivity contribution in [3.63, 3.8) is 0 Å². The maximum Gasteiger partial charge on any atom is 0.509 e. The van der Waals surface area contributed by atoms with Crippen LogP contribution in [0.25, 0.3) is 5.52 Å². The number of carbonyl (C=O) groups excluding carboxylic acids is 1. The number of aromatic nitrogens is 4. The van der Waals surface area contributed by atoms with Gasteiger partial charge < -0.3 is 19.9 Å². The molecule has 14 nitrogen and oxygen atoms in total. The normalized spacial score (nSPS) is 33.6. The fourth-order valence-electron chi connectivity index (χ4n) is 4.59. The number of ether oxygens (including phenoxy) is 3. The van der Waals surface area contributed by atoms with Gasteiger partial charge in [-0.05, 0) is 29.8 Å². The number of phosphoric acid groups is 1. The first-order valence-corrected chi connectivity index (χ1v) is 12.4. The molecule has 3 aliphatic rings. The van der Waals surface area contributed by atoms with E-state index in [1.54, 1.807) is 36.7 Å². The van der Waals surface area contributed by atoms with Crippen LogP contribution in [0.15, 0.2) is 43.0 Å². The lowest BCUT2D eigenvalue weighted by Crippen LogP contribution is -2.39. The molecule has 0 aliphatic carbocycles. The second-order valence-corrected chi connectivity index (χ2v) is 9.90. The first-order valence-electron chi connectivity index (χ1n) is 10.9. The third kappa shape index (κ3) is 3.60. The number of hydrogen-bond donors (Lipinski definition) is 1. The van der Waals surface area contributed by atoms with Crippen LogP contribution in [0.3, 0.4) is 0 Å². The van der Waals surface area contributed by atoms with Gasteiger partial charge in [0.05, 0.1) is 25.0 Å². The van der Waals surface area contributed by atoms with E-state index in [4.69, 9.17) is 33.5 Å². The van der Waals surface area contributed by atoms with Crippen LogP contribution in [-0.4, -0.2) is 57.3 Å². The molecule has 6 rings (SSSR count). The summed E-state index contributed by atoms with van der Waals surface area (Å²) < 4.78 is 47.9. The molecule has 0 spiro atoms. The molecule has 0 unspecified atom stereocenters. The Bertz CT molecular complexity index is 1410. The molecular weight excluding hydrogens is 495 g/mol. The van der Waals surface area contributed by atoms with E-state index in [-0.39, 0.29) is 24.7 Å². The highest BCUT2D eigenvalue weighted by atomic mass is 31.2. The van der Waals surface area contributed by atoms with Gasteiger partial charge in [-0.2, -0.15) is 10.4 Å². The molecule has 0 radical (unpaired) electrons. The van der Waals surface area contributed by atoms with E-state index in [2.05, 4.69) is 21.1 Å². The molecule has 0 amide bonds. The lowest BCUT2D eigenvalue weighted by atomic mass is 9.92. The van der Waals surface area contributed by atoms with Crippen molar-refractivity contribution in [1.82, 2.24) is 19.6 Å². The number of carbonyl (C=O) groups is 1. The zero-order valence-electron chi connectivity index (χ0n) is 18.5. The van der Waals surface area contributed by atoms with E-state index in [1.165, 1.54) is 10.8 Å². The number of phosphoric ester groups is 1. The summed E-state index contributed by atoms with van der Waals surface area (Å²) in [5, 5.41) is 14.4. The van der Waals surface area contributed by atoms with Crippen molar-refractivity contribution >= 4 is 25.3 Å². The second-order valence-electron chi connectivity index (χ2n) is 8.28. The highest BCUT2D eigenvalue weighted by Gasteiger charge is 2.65. The van der Waals surface area contributed by atoms with E-state index in [0.717, 1.165) is 5.56 Å². The number of nitrogens with two attached hydrogens (primary N) is 1. The van der Waals surface area contributed by atoms with Gasteiger partial charge in [-0.1, -0.05) is 0 Å². The van der Waals surface area contributed by atoms with Crippen LogP contribution in [0.5, 0.6) is 0 Å². The number of nitriles is 1. The molecule has 0 bridgehead atoms. The lowest BCUT2D eigenvalue weighted by molar-refractivity contribution is -0.0848. The van der Waals surface area contributed by atoms with Crippen LogP contribution in [0.1, 0.15) is 23.8 Å². The summed E-state index contributed by atoms with van der Waals surface area (Å²) in [6, 6.07) is 8.78. The standard InChI is InChI=1S/C21H19N6O8P/c22-10-21(16-2-1-13-19(23)25-11-26-27(13)16)18-17(32-20(28)33-18)15(34-21)9-31-36(29)30-8-5-14(35-36)12-3-6-24-7-4-12/h1-4,6-7,11,14-15,17-18H,5,8-9H2,(H2,23,25,26)/t14-,15+,17+,18+,21-,36+/m0/s1. The van der Waals surface area contributed by atoms with Crippen LogP contribution in [0.2, 0.25) is 0 Å². The van der Waals surface area contributed by atoms with Crippen LogP contribution < -0.4 is 5.73 Å². The van der Waals surface area contributed by atoms with Crippen molar-refractivity contribution in [1.29, 1.82) is 5.26 Å². The quantitative estimate of drug-likeness (QED) is 0.386. The molecule has 186 valence electrons. The lowest BCUT2D eigenvalue weighted by Gasteiger charge is -2.30. The Morgan fingerprint density at radius 3 is 2.92 bits per heavy atom. The zero-order valence-corrected chi connectivity index (χ0v) is 19.4. The molecule has 36 heavy (non-hydrogen) atoms. The van der Waals surface area contributed by atoms with Gasteiger partial charge in [0.15, 0.2) is 18.0 Å². The largest absolute Gasteiger partial charge is 0.509 e. The van der Waals surface area contributed by atoms with Gasteiger partial charge >= 0.3 is 14.0 Å². The van der Waals surface area contributed by atoms with E-state index >= 15 is 0 Å².